The van der Waals surface area contributed by atoms with Crippen LogP contribution >= 0.6 is 15.9 Å². The van der Waals surface area contributed by atoms with E-state index >= 15 is 0 Å². The van der Waals surface area contributed by atoms with Crippen LogP contribution in [0.4, 0.5) is 0 Å². The summed E-state index contributed by atoms with van der Waals surface area (Å²) in [7, 11) is 1.56. The molecule has 0 aliphatic rings. The number of alkyl halides is 1. The molecule has 0 radical (unpaired) electrons. The number of rotatable bonds is 5. The zero-order valence-electron chi connectivity index (χ0n) is 8.75. The molecule has 0 atom stereocenters. The van der Waals surface area contributed by atoms with Crippen molar-refractivity contribution in [2.75, 3.05) is 19.0 Å². The molecule has 0 N–H and O–H groups in total. The quantitative estimate of drug-likeness (QED) is 0.611. The SMILES string of the molecule is COc1cc(C(C)=O)ccc1OCCBr. The first-order chi connectivity index (χ1) is 7.19. The zero-order chi connectivity index (χ0) is 11.3. The molecule has 1 rings (SSSR count). The van der Waals surface area contributed by atoms with Gasteiger partial charge >= 0.3 is 0 Å². The van der Waals surface area contributed by atoms with Crippen molar-refractivity contribution < 1.29 is 14.3 Å². The Kier molecular flexibility index (Phi) is 4.62. The molecule has 0 aromatic heterocycles. The lowest BCUT2D eigenvalue weighted by Crippen LogP contribution is -2.01. The summed E-state index contributed by atoms with van der Waals surface area (Å²) in [4.78, 5) is 11.1. The molecule has 1 aromatic carbocycles. The van der Waals surface area contributed by atoms with Crippen molar-refractivity contribution in [2.24, 2.45) is 0 Å². The molecule has 0 saturated heterocycles. The highest BCUT2D eigenvalue weighted by atomic mass is 79.9. The lowest BCUT2D eigenvalue weighted by atomic mass is 10.1. The fourth-order valence-corrected chi connectivity index (χ4v) is 1.32. The number of hydrogen-bond donors (Lipinski definition) is 0. The van der Waals surface area contributed by atoms with Gasteiger partial charge < -0.3 is 9.47 Å². The molecule has 0 aliphatic heterocycles. The molecule has 3 nitrogen and oxygen atoms in total. The van der Waals surface area contributed by atoms with Crippen LogP contribution in [0.15, 0.2) is 18.2 Å². The number of ketones is 1. The van der Waals surface area contributed by atoms with E-state index in [1.807, 2.05) is 0 Å². The van der Waals surface area contributed by atoms with E-state index in [9.17, 15) is 4.79 Å². The Bertz CT molecular complexity index is 350. The third kappa shape index (κ3) is 3.23. The zero-order valence-corrected chi connectivity index (χ0v) is 10.3. The van der Waals surface area contributed by atoms with Gasteiger partial charge in [0.2, 0.25) is 0 Å². The Morgan fingerprint density at radius 2 is 2.13 bits per heavy atom. The Hall–Kier alpha value is -1.03. The molecule has 0 heterocycles. The van der Waals surface area contributed by atoms with Crippen LogP contribution in [0.3, 0.4) is 0 Å². The Morgan fingerprint density at radius 1 is 1.40 bits per heavy atom. The third-order valence-electron chi connectivity index (χ3n) is 1.90. The second-order valence-corrected chi connectivity index (χ2v) is 3.75. The van der Waals surface area contributed by atoms with Gasteiger partial charge in [-0.15, -0.1) is 0 Å². The minimum absolute atomic E-state index is 0.0142. The normalized spacial score (nSPS) is 9.80. The first-order valence-electron chi connectivity index (χ1n) is 4.56. The molecule has 0 unspecified atom stereocenters. The summed E-state index contributed by atoms with van der Waals surface area (Å²) in [5, 5.41) is 0.755. The molecule has 0 fully saturated rings. The number of hydrogen-bond acceptors (Lipinski definition) is 3. The fourth-order valence-electron chi connectivity index (χ4n) is 1.15. The lowest BCUT2D eigenvalue weighted by molar-refractivity contribution is 0.101. The molecule has 0 amide bonds. The highest BCUT2D eigenvalue weighted by molar-refractivity contribution is 9.09. The van der Waals surface area contributed by atoms with Crippen molar-refractivity contribution in [3.05, 3.63) is 23.8 Å². The summed E-state index contributed by atoms with van der Waals surface area (Å²) in [5.74, 6) is 1.26. The van der Waals surface area contributed by atoms with Gasteiger partial charge in [-0.1, -0.05) is 15.9 Å². The molecule has 0 aliphatic carbocycles. The van der Waals surface area contributed by atoms with E-state index in [1.165, 1.54) is 6.92 Å². The minimum atomic E-state index is 0.0142. The number of halogens is 1. The van der Waals surface area contributed by atoms with Gasteiger partial charge in [0.15, 0.2) is 17.3 Å². The standard InChI is InChI=1S/C11H13BrO3/c1-8(13)9-3-4-10(15-6-5-12)11(7-9)14-2/h3-4,7H,5-6H2,1-2H3. The summed E-state index contributed by atoms with van der Waals surface area (Å²) in [5.41, 5.74) is 0.623. The van der Waals surface area contributed by atoms with Crippen molar-refractivity contribution in [3.63, 3.8) is 0 Å². The molecule has 0 spiro atoms. The van der Waals surface area contributed by atoms with Crippen LogP contribution in [-0.2, 0) is 0 Å². The third-order valence-corrected chi connectivity index (χ3v) is 2.23. The van der Waals surface area contributed by atoms with E-state index < -0.39 is 0 Å². The molecule has 82 valence electrons. The van der Waals surface area contributed by atoms with Crippen LogP contribution in [-0.4, -0.2) is 24.8 Å². The summed E-state index contributed by atoms with van der Waals surface area (Å²) >= 11 is 3.27. The molecular weight excluding hydrogens is 260 g/mol. The van der Waals surface area contributed by atoms with Gasteiger partial charge in [0.05, 0.1) is 13.7 Å². The van der Waals surface area contributed by atoms with Crippen LogP contribution in [0.5, 0.6) is 11.5 Å². The summed E-state index contributed by atoms with van der Waals surface area (Å²) in [6, 6.07) is 5.17. The maximum atomic E-state index is 11.1. The average molecular weight is 273 g/mol. The number of methoxy groups -OCH3 is 1. The van der Waals surface area contributed by atoms with Crippen LogP contribution in [0.25, 0.3) is 0 Å². The molecule has 1 aromatic rings. The van der Waals surface area contributed by atoms with Gasteiger partial charge in [-0.05, 0) is 25.1 Å². The highest BCUT2D eigenvalue weighted by Crippen LogP contribution is 2.28. The molecule has 15 heavy (non-hydrogen) atoms. The number of benzene rings is 1. The van der Waals surface area contributed by atoms with Crippen molar-refractivity contribution in [1.82, 2.24) is 0 Å². The topological polar surface area (TPSA) is 35.5 Å². The van der Waals surface area contributed by atoms with E-state index in [4.69, 9.17) is 9.47 Å². The van der Waals surface area contributed by atoms with Gasteiger partial charge in [0.25, 0.3) is 0 Å². The molecular formula is C11H13BrO3. The van der Waals surface area contributed by atoms with E-state index in [0.717, 1.165) is 5.33 Å². The lowest BCUT2D eigenvalue weighted by Gasteiger charge is -2.10. The molecule has 0 bridgehead atoms. The maximum absolute atomic E-state index is 11.1. The van der Waals surface area contributed by atoms with E-state index in [-0.39, 0.29) is 5.78 Å². The minimum Gasteiger partial charge on any atom is -0.493 e. The summed E-state index contributed by atoms with van der Waals surface area (Å²) < 4.78 is 10.6. The van der Waals surface area contributed by atoms with Crippen molar-refractivity contribution >= 4 is 21.7 Å². The summed E-state index contributed by atoms with van der Waals surface area (Å²) in [6.07, 6.45) is 0. The largest absolute Gasteiger partial charge is 0.493 e. The van der Waals surface area contributed by atoms with Gasteiger partial charge in [0.1, 0.15) is 0 Å². The van der Waals surface area contributed by atoms with E-state index in [2.05, 4.69) is 15.9 Å². The van der Waals surface area contributed by atoms with Crippen LogP contribution in [0.1, 0.15) is 17.3 Å². The van der Waals surface area contributed by atoms with Gasteiger partial charge in [-0.3, -0.25) is 4.79 Å². The van der Waals surface area contributed by atoms with E-state index in [0.29, 0.717) is 23.7 Å². The van der Waals surface area contributed by atoms with Crippen LogP contribution in [0.2, 0.25) is 0 Å². The smallest absolute Gasteiger partial charge is 0.161 e. The van der Waals surface area contributed by atoms with Crippen molar-refractivity contribution in [3.8, 4) is 11.5 Å². The Labute approximate surface area is 97.5 Å². The van der Waals surface area contributed by atoms with E-state index in [1.54, 1.807) is 25.3 Å². The Balaban J connectivity index is 2.93. The van der Waals surface area contributed by atoms with Gasteiger partial charge in [-0.25, -0.2) is 0 Å². The van der Waals surface area contributed by atoms with Gasteiger partial charge in [0, 0.05) is 10.9 Å². The van der Waals surface area contributed by atoms with Crippen LogP contribution in [0, 0.1) is 0 Å². The predicted octanol–water partition coefficient (Wildman–Crippen LogP) is 2.67. The number of carbonyl (C=O) groups is 1. The molecule has 0 saturated carbocycles. The number of ether oxygens (including phenoxy) is 2. The number of Topliss-reactive ketones (excluding diaryl/α,β-unsaturated/α-hetero) is 1. The monoisotopic (exact) mass is 272 g/mol. The Morgan fingerprint density at radius 3 is 2.67 bits per heavy atom. The predicted molar refractivity (Wildman–Crippen MR) is 62.3 cm³/mol. The first-order valence-corrected chi connectivity index (χ1v) is 5.69. The second-order valence-electron chi connectivity index (χ2n) is 2.96. The number of carbonyl (C=O) groups excluding carboxylic acids is 1. The maximum Gasteiger partial charge on any atom is 0.161 e. The highest BCUT2D eigenvalue weighted by Gasteiger charge is 2.07. The fraction of sp³-hybridized carbons (Fsp3) is 0.364. The summed E-state index contributed by atoms with van der Waals surface area (Å²) in [6.45, 7) is 2.09. The average Bonchev–Trinajstić information content (AvgIpc) is 2.25. The van der Waals surface area contributed by atoms with Crippen LogP contribution < -0.4 is 9.47 Å². The second kappa shape index (κ2) is 5.75. The first kappa shape index (κ1) is 12.0. The van der Waals surface area contributed by atoms with Crippen molar-refractivity contribution in [1.29, 1.82) is 0 Å². The van der Waals surface area contributed by atoms with Crippen molar-refractivity contribution in [2.45, 2.75) is 6.92 Å². The molecule has 4 heteroatoms. The van der Waals surface area contributed by atoms with Gasteiger partial charge in [-0.2, -0.15) is 0 Å².